The van der Waals surface area contributed by atoms with E-state index < -0.39 is 5.97 Å². The quantitative estimate of drug-likeness (QED) is 0.601. The highest BCUT2D eigenvalue weighted by Crippen LogP contribution is 2.12. The Bertz CT molecular complexity index is 354. The van der Waals surface area contributed by atoms with Crippen LogP contribution in [-0.4, -0.2) is 31.4 Å². The van der Waals surface area contributed by atoms with Crippen molar-refractivity contribution < 1.29 is 19.4 Å². The molecule has 86 valence electrons. The molecule has 0 aliphatic rings. The van der Waals surface area contributed by atoms with Crippen LogP contribution in [0.1, 0.15) is 5.56 Å². The lowest BCUT2D eigenvalue weighted by atomic mass is 10.2. The smallest absolute Gasteiger partial charge is 0.330 e. The van der Waals surface area contributed by atoms with Gasteiger partial charge in [0.1, 0.15) is 12.4 Å². The van der Waals surface area contributed by atoms with E-state index in [9.17, 15) is 4.79 Å². The van der Waals surface area contributed by atoms with Crippen LogP contribution in [0.25, 0.3) is 6.08 Å². The maximum atomic E-state index is 11.1. The Kier molecular flexibility index (Phi) is 5.08. The molecule has 0 aromatic heterocycles. The van der Waals surface area contributed by atoms with Gasteiger partial charge in [-0.05, 0) is 23.8 Å². The highest BCUT2D eigenvalue weighted by Gasteiger charge is 1.95. The normalized spacial score (nSPS) is 10.4. The van der Waals surface area contributed by atoms with Crippen LogP contribution < -0.4 is 4.74 Å². The Morgan fingerprint density at radius 1 is 1.38 bits per heavy atom. The summed E-state index contributed by atoms with van der Waals surface area (Å²) < 4.78 is 9.66. The largest absolute Gasteiger partial charge is 0.497 e. The standard InChI is InChI=1S/C12H14O4/c1-15-11-5-2-10(3-6-11)4-7-12(14)16-9-8-13/h2-7,13H,8-9H2,1H3/b7-4+. The van der Waals surface area contributed by atoms with Gasteiger partial charge in [-0.1, -0.05) is 12.1 Å². The number of rotatable bonds is 5. The van der Waals surface area contributed by atoms with Crippen molar-refractivity contribution in [3.8, 4) is 5.75 Å². The lowest BCUT2D eigenvalue weighted by Crippen LogP contribution is -2.04. The zero-order valence-corrected chi connectivity index (χ0v) is 9.05. The van der Waals surface area contributed by atoms with Crippen LogP contribution in [-0.2, 0) is 9.53 Å². The molecule has 0 fully saturated rings. The molecule has 1 rings (SSSR count). The Hall–Kier alpha value is -1.81. The van der Waals surface area contributed by atoms with Gasteiger partial charge in [-0.2, -0.15) is 0 Å². The molecule has 4 nitrogen and oxygen atoms in total. The molecule has 4 heteroatoms. The third-order valence-corrected chi connectivity index (χ3v) is 1.86. The van der Waals surface area contributed by atoms with Gasteiger partial charge in [0.05, 0.1) is 13.7 Å². The fourth-order valence-electron chi connectivity index (χ4n) is 1.07. The molecule has 1 aromatic carbocycles. The van der Waals surface area contributed by atoms with Gasteiger partial charge >= 0.3 is 5.97 Å². The van der Waals surface area contributed by atoms with Crippen molar-refractivity contribution in [2.24, 2.45) is 0 Å². The molecular weight excluding hydrogens is 208 g/mol. The molecule has 0 atom stereocenters. The zero-order valence-electron chi connectivity index (χ0n) is 9.05. The van der Waals surface area contributed by atoms with Gasteiger partial charge in [-0.15, -0.1) is 0 Å². The van der Waals surface area contributed by atoms with Crippen LogP contribution >= 0.6 is 0 Å². The van der Waals surface area contributed by atoms with E-state index in [-0.39, 0.29) is 13.2 Å². The summed E-state index contributed by atoms with van der Waals surface area (Å²) in [5, 5.41) is 8.44. The van der Waals surface area contributed by atoms with Crippen LogP contribution in [0.5, 0.6) is 5.75 Å². The number of carbonyl (C=O) groups is 1. The molecule has 0 bridgehead atoms. The van der Waals surface area contributed by atoms with Crippen molar-refractivity contribution in [1.29, 1.82) is 0 Å². The third-order valence-electron chi connectivity index (χ3n) is 1.86. The number of carbonyl (C=O) groups excluding carboxylic acids is 1. The Balaban J connectivity index is 2.52. The molecule has 0 aliphatic carbocycles. The van der Waals surface area contributed by atoms with E-state index in [4.69, 9.17) is 9.84 Å². The summed E-state index contributed by atoms with van der Waals surface area (Å²) in [6.45, 7) is -0.145. The van der Waals surface area contributed by atoms with Crippen molar-refractivity contribution in [3.05, 3.63) is 35.9 Å². The van der Waals surface area contributed by atoms with E-state index >= 15 is 0 Å². The van der Waals surface area contributed by atoms with Crippen molar-refractivity contribution in [1.82, 2.24) is 0 Å². The molecule has 0 spiro atoms. The summed E-state index contributed by atoms with van der Waals surface area (Å²) in [5.41, 5.74) is 0.877. The molecule has 0 saturated carbocycles. The van der Waals surface area contributed by atoms with Gasteiger partial charge in [0.15, 0.2) is 0 Å². The second-order valence-corrected chi connectivity index (χ2v) is 3.00. The van der Waals surface area contributed by atoms with Crippen LogP contribution in [0.2, 0.25) is 0 Å². The second-order valence-electron chi connectivity index (χ2n) is 3.00. The van der Waals surface area contributed by atoms with Crippen LogP contribution in [0.4, 0.5) is 0 Å². The lowest BCUT2D eigenvalue weighted by molar-refractivity contribution is -0.138. The summed E-state index contributed by atoms with van der Waals surface area (Å²) in [5.74, 6) is 0.296. The maximum absolute atomic E-state index is 11.1. The van der Waals surface area contributed by atoms with Crippen molar-refractivity contribution in [2.45, 2.75) is 0 Å². The molecule has 1 aromatic rings. The number of aliphatic hydroxyl groups excluding tert-OH is 1. The monoisotopic (exact) mass is 222 g/mol. The summed E-state index contributed by atoms with van der Waals surface area (Å²) in [6, 6.07) is 7.26. The van der Waals surface area contributed by atoms with E-state index in [1.807, 2.05) is 12.1 Å². The van der Waals surface area contributed by atoms with Crippen LogP contribution in [0, 0.1) is 0 Å². The number of methoxy groups -OCH3 is 1. The van der Waals surface area contributed by atoms with Gasteiger partial charge in [0.2, 0.25) is 0 Å². The van der Waals surface area contributed by atoms with Gasteiger partial charge in [-0.25, -0.2) is 4.79 Å². The summed E-state index contributed by atoms with van der Waals surface area (Å²) in [7, 11) is 1.59. The number of esters is 1. The Morgan fingerprint density at radius 3 is 2.62 bits per heavy atom. The van der Waals surface area contributed by atoms with Gasteiger partial charge < -0.3 is 14.6 Å². The minimum absolute atomic E-state index is 0.0196. The summed E-state index contributed by atoms with van der Waals surface area (Å²) in [6.07, 6.45) is 2.95. The van der Waals surface area contributed by atoms with Gasteiger partial charge in [0, 0.05) is 6.08 Å². The molecule has 0 aliphatic heterocycles. The van der Waals surface area contributed by atoms with E-state index in [1.165, 1.54) is 6.08 Å². The average molecular weight is 222 g/mol. The van der Waals surface area contributed by atoms with Crippen molar-refractivity contribution >= 4 is 12.0 Å². The highest BCUT2D eigenvalue weighted by molar-refractivity contribution is 5.87. The third kappa shape index (κ3) is 4.14. The first-order valence-electron chi connectivity index (χ1n) is 4.86. The molecule has 0 unspecified atom stereocenters. The number of hydrogen-bond acceptors (Lipinski definition) is 4. The Labute approximate surface area is 94.1 Å². The molecule has 0 radical (unpaired) electrons. The van der Waals surface area contributed by atoms with E-state index in [0.29, 0.717) is 0 Å². The number of aliphatic hydroxyl groups is 1. The minimum atomic E-state index is -0.468. The average Bonchev–Trinajstić information content (AvgIpc) is 2.34. The van der Waals surface area contributed by atoms with Crippen molar-refractivity contribution in [3.63, 3.8) is 0 Å². The van der Waals surface area contributed by atoms with Gasteiger partial charge in [0.25, 0.3) is 0 Å². The number of benzene rings is 1. The molecule has 16 heavy (non-hydrogen) atoms. The van der Waals surface area contributed by atoms with Crippen molar-refractivity contribution in [2.75, 3.05) is 20.3 Å². The predicted molar refractivity (Wildman–Crippen MR) is 60.1 cm³/mol. The van der Waals surface area contributed by atoms with Crippen LogP contribution in [0.3, 0.4) is 0 Å². The first-order valence-corrected chi connectivity index (χ1v) is 4.86. The molecule has 1 N–H and O–H groups in total. The number of ether oxygens (including phenoxy) is 2. The summed E-state index contributed by atoms with van der Waals surface area (Å²) in [4.78, 5) is 11.1. The SMILES string of the molecule is COc1ccc(/C=C/C(=O)OCCO)cc1. The predicted octanol–water partition coefficient (Wildman–Crippen LogP) is 1.24. The minimum Gasteiger partial charge on any atom is -0.497 e. The van der Waals surface area contributed by atoms with E-state index in [0.717, 1.165) is 11.3 Å². The lowest BCUT2D eigenvalue weighted by Gasteiger charge is -1.99. The molecular formula is C12H14O4. The maximum Gasteiger partial charge on any atom is 0.330 e. The van der Waals surface area contributed by atoms with E-state index in [2.05, 4.69) is 4.74 Å². The molecule has 0 amide bonds. The topological polar surface area (TPSA) is 55.8 Å². The fourth-order valence-corrected chi connectivity index (χ4v) is 1.07. The van der Waals surface area contributed by atoms with E-state index in [1.54, 1.807) is 25.3 Å². The molecule has 0 heterocycles. The zero-order chi connectivity index (χ0) is 11.8. The second kappa shape index (κ2) is 6.63. The van der Waals surface area contributed by atoms with Gasteiger partial charge in [-0.3, -0.25) is 0 Å². The Morgan fingerprint density at radius 2 is 2.06 bits per heavy atom. The fraction of sp³-hybridized carbons (Fsp3) is 0.250. The van der Waals surface area contributed by atoms with Crippen LogP contribution in [0.15, 0.2) is 30.3 Å². The molecule has 0 saturated heterocycles. The highest BCUT2D eigenvalue weighted by atomic mass is 16.5. The number of hydrogen-bond donors (Lipinski definition) is 1. The summed E-state index contributed by atoms with van der Waals surface area (Å²) >= 11 is 0. The first kappa shape index (κ1) is 12.3. The first-order chi connectivity index (χ1) is 7.76.